The summed E-state index contributed by atoms with van der Waals surface area (Å²) in [6, 6.07) is 1.24. The van der Waals surface area contributed by atoms with Gasteiger partial charge in [-0.3, -0.25) is 4.90 Å². The zero-order chi connectivity index (χ0) is 9.26. The fraction of sp³-hybridized carbons (Fsp3) is 0.778. The van der Waals surface area contributed by atoms with Gasteiger partial charge in [-0.25, -0.2) is 0 Å². The van der Waals surface area contributed by atoms with Crippen molar-refractivity contribution >= 4 is 0 Å². The number of nitrogens with zero attached hydrogens (tertiary/aromatic N) is 4. The van der Waals surface area contributed by atoms with E-state index >= 15 is 0 Å². The highest BCUT2D eigenvalue weighted by Gasteiger charge is 2.24. The van der Waals surface area contributed by atoms with Crippen LogP contribution < -0.4 is 0 Å². The predicted molar refractivity (Wildman–Crippen MR) is 50.4 cm³/mol. The van der Waals surface area contributed by atoms with Gasteiger partial charge in [-0.2, -0.15) is 0 Å². The lowest BCUT2D eigenvalue weighted by atomic mass is 10.3. The summed E-state index contributed by atoms with van der Waals surface area (Å²) < 4.78 is 2.11. The number of hydrogen-bond acceptors (Lipinski definition) is 3. The van der Waals surface area contributed by atoms with Gasteiger partial charge in [0.2, 0.25) is 0 Å². The third-order valence-corrected chi connectivity index (χ3v) is 2.78. The van der Waals surface area contributed by atoms with Crippen LogP contribution in [0.5, 0.6) is 0 Å². The van der Waals surface area contributed by atoms with Gasteiger partial charge in [0, 0.05) is 25.2 Å². The molecule has 0 bridgehead atoms. The molecule has 0 radical (unpaired) electrons. The maximum atomic E-state index is 3.83. The minimum Gasteiger partial charge on any atom is -0.316 e. The SMILES string of the molecule is CC(C)N1CC[C@@H](n2cnnc2)C1. The van der Waals surface area contributed by atoms with E-state index < -0.39 is 0 Å². The fourth-order valence-electron chi connectivity index (χ4n) is 1.88. The second-order valence-electron chi connectivity index (χ2n) is 3.94. The molecule has 0 amide bonds. The van der Waals surface area contributed by atoms with E-state index in [4.69, 9.17) is 0 Å². The first-order valence-corrected chi connectivity index (χ1v) is 4.85. The van der Waals surface area contributed by atoms with E-state index in [2.05, 4.69) is 33.5 Å². The first kappa shape index (κ1) is 8.69. The predicted octanol–water partition coefficient (Wildman–Crippen LogP) is 0.933. The van der Waals surface area contributed by atoms with Gasteiger partial charge in [0.25, 0.3) is 0 Å². The van der Waals surface area contributed by atoms with Crippen molar-refractivity contribution in [2.75, 3.05) is 13.1 Å². The summed E-state index contributed by atoms with van der Waals surface area (Å²) in [5.41, 5.74) is 0. The standard InChI is InChI=1S/C9H16N4/c1-8(2)12-4-3-9(5-12)13-6-10-11-7-13/h6-9H,3-5H2,1-2H3/t9-/m1/s1. The van der Waals surface area contributed by atoms with Crippen LogP contribution in [0.2, 0.25) is 0 Å². The fourth-order valence-corrected chi connectivity index (χ4v) is 1.88. The lowest BCUT2D eigenvalue weighted by Gasteiger charge is -2.20. The molecule has 0 saturated carbocycles. The third-order valence-electron chi connectivity index (χ3n) is 2.78. The summed E-state index contributed by atoms with van der Waals surface area (Å²) >= 11 is 0. The molecule has 1 fully saturated rings. The molecule has 1 aromatic heterocycles. The first-order valence-electron chi connectivity index (χ1n) is 4.85. The van der Waals surface area contributed by atoms with E-state index in [1.165, 1.54) is 13.0 Å². The van der Waals surface area contributed by atoms with E-state index in [9.17, 15) is 0 Å². The average molecular weight is 180 g/mol. The zero-order valence-corrected chi connectivity index (χ0v) is 8.22. The first-order chi connectivity index (χ1) is 6.27. The van der Waals surface area contributed by atoms with Crippen LogP contribution in [-0.2, 0) is 0 Å². The molecule has 2 rings (SSSR count). The molecule has 0 N–H and O–H groups in total. The molecule has 0 spiro atoms. The average Bonchev–Trinajstić information content (AvgIpc) is 2.75. The molecule has 1 aliphatic rings. The normalized spacial score (nSPS) is 24.4. The van der Waals surface area contributed by atoms with Gasteiger partial charge in [0.15, 0.2) is 0 Å². The van der Waals surface area contributed by atoms with Crippen LogP contribution in [-0.4, -0.2) is 38.8 Å². The zero-order valence-electron chi connectivity index (χ0n) is 8.22. The van der Waals surface area contributed by atoms with Crippen LogP contribution in [0.3, 0.4) is 0 Å². The van der Waals surface area contributed by atoms with Gasteiger partial charge in [-0.05, 0) is 20.3 Å². The van der Waals surface area contributed by atoms with E-state index in [0.29, 0.717) is 12.1 Å². The summed E-state index contributed by atoms with van der Waals surface area (Å²) in [5, 5.41) is 7.66. The summed E-state index contributed by atoms with van der Waals surface area (Å²) in [5.74, 6) is 0. The molecule has 1 aromatic rings. The van der Waals surface area contributed by atoms with Gasteiger partial charge in [-0.1, -0.05) is 0 Å². The van der Waals surface area contributed by atoms with E-state index in [1.54, 1.807) is 0 Å². The van der Waals surface area contributed by atoms with Crippen molar-refractivity contribution in [3.63, 3.8) is 0 Å². The lowest BCUT2D eigenvalue weighted by Crippen LogP contribution is -2.28. The Bertz CT molecular complexity index is 255. The summed E-state index contributed by atoms with van der Waals surface area (Å²) in [4.78, 5) is 2.49. The van der Waals surface area contributed by atoms with Crippen LogP contribution in [0, 0.1) is 0 Å². The Hall–Kier alpha value is -0.900. The Labute approximate surface area is 78.6 Å². The molecule has 0 aliphatic carbocycles. The molecule has 1 saturated heterocycles. The van der Waals surface area contributed by atoms with Crippen molar-refractivity contribution in [1.29, 1.82) is 0 Å². The number of likely N-dealkylation sites (tertiary alicyclic amines) is 1. The van der Waals surface area contributed by atoms with Gasteiger partial charge in [0.05, 0.1) is 0 Å². The molecule has 2 heterocycles. The van der Waals surface area contributed by atoms with Crippen LogP contribution in [0.15, 0.2) is 12.7 Å². The molecule has 0 aromatic carbocycles. The minimum absolute atomic E-state index is 0.581. The van der Waals surface area contributed by atoms with Gasteiger partial charge >= 0.3 is 0 Å². The quantitative estimate of drug-likeness (QED) is 0.679. The minimum atomic E-state index is 0.581. The molecule has 1 aliphatic heterocycles. The number of hydrogen-bond donors (Lipinski definition) is 0. The Morgan fingerprint density at radius 2 is 2.00 bits per heavy atom. The summed E-state index contributed by atoms with van der Waals surface area (Å²) in [7, 11) is 0. The Morgan fingerprint density at radius 1 is 1.31 bits per heavy atom. The van der Waals surface area contributed by atoms with Crippen LogP contribution >= 0.6 is 0 Å². The van der Waals surface area contributed by atoms with Crippen molar-refractivity contribution in [2.24, 2.45) is 0 Å². The molecule has 1 atom stereocenters. The highest BCUT2D eigenvalue weighted by atomic mass is 15.3. The largest absolute Gasteiger partial charge is 0.316 e. The molecule has 0 unspecified atom stereocenters. The molecule has 13 heavy (non-hydrogen) atoms. The van der Waals surface area contributed by atoms with Crippen LogP contribution in [0.25, 0.3) is 0 Å². The third kappa shape index (κ3) is 1.72. The Kier molecular flexibility index (Phi) is 2.31. The summed E-state index contributed by atoms with van der Waals surface area (Å²) in [6.07, 6.45) is 4.85. The molecular weight excluding hydrogens is 164 g/mol. The molecule has 72 valence electrons. The van der Waals surface area contributed by atoms with Crippen molar-refractivity contribution in [1.82, 2.24) is 19.7 Å². The van der Waals surface area contributed by atoms with Crippen molar-refractivity contribution in [3.8, 4) is 0 Å². The monoisotopic (exact) mass is 180 g/mol. The van der Waals surface area contributed by atoms with Crippen molar-refractivity contribution in [2.45, 2.75) is 32.4 Å². The smallest absolute Gasteiger partial charge is 0.119 e. The van der Waals surface area contributed by atoms with E-state index in [1.807, 2.05) is 12.7 Å². The second kappa shape index (κ2) is 3.46. The van der Waals surface area contributed by atoms with Gasteiger partial charge in [-0.15, -0.1) is 10.2 Å². The van der Waals surface area contributed by atoms with E-state index in [-0.39, 0.29) is 0 Å². The van der Waals surface area contributed by atoms with Crippen molar-refractivity contribution in [3.05, 3.63) is 12.7 Å². The van der Waals surface area contributed by atoms with Crippen molar-refractivity contribution < 1.29 is 0 Å². The van der Waals surface area contributed by atoms with E-state index in [0.717, 1.165) is 6.54 Å². The Balaban J connectivity index is 1.99. The maximum Gasteiger partial charge on any atom is 0.119 e. The maximum absolute atomic E-state index is 3.83. The topological polar surface area (TPSA) is 34.0 Å². The van der Waals surface area contributed by atoms with Gasteiger partial charge in [0.1, 0.15) is 12.7 Å². The molecular formula is C9H16N4. The lowest BCUT2D eigenvalue weighted by molar-refractivity contribution is 0.265. The summed E-state index contributed by atoms with van der Waals surface area (Å²) in [6.45, 7) is 6.82. The highest BCUT2D eigenvalue weighted by Crippen LogP contribution is 2.22. The van der Waals surface area contributed by atoms with Gasteiger partial charge < -0.3 is 4.57 Å². The number of aromatic nitrogens is 3. The second-order valence-corrected chi connectivity index (χ2v) is 3.94. The molecule has 4 heteroatoms. The van der Waals surface area contributed by atoms with Crippen LogP contribution in [0.1, 0.15) is 26.3 Å². The number of rotatable bonds is 2. The molecule has 4 nitrogen and oxygen atoms in total. The Morgan fingerprint density at radius 3 is 2.54 bits per heavy atom. The highest BCUT2D eigenvalue weighted by molar-refractivity contribution is 4.83. The van der Waals surface area contributed by atoms with Crippen LogP contribution in [0.4, 0.5) is 0 Å².